The van der Waals surface area contributed by atoms with Crippen LogP contribution in [0.1, 0.15) is 6.92 Å². The first-order valence-corrected chi connectivity index (χ1v) is 4.77. The molecule has 60 valence electrons. The molecule has 1 aromatic carbocycles. The van der Waals surface area contributed by atoms with Crippen molar-refractivity contribution in [2.75, 3.05) is 0 Å². The molecule has 0 amide bonds. The molecule has 0 saturated heterocycles. The van der Waals surface area contributed by atoms with Crippen LogP contribution in [0, 0.1) is 0 Å². The molecule has 0 atom stereocenters. The summed E-state index contributed by atoms with van der Waals surface area (Å²) in [6.07, 6.45) is 0. The topological polar surface area (TPSA) is 26.3 Å². The van der Waals surface area contributed by atoms with Crippen molar-refractivity contribution in [2.45, 2.75) is 6.92 Å². The average Bonchev–Trinajstić information content (AvgIpc) is 1.93. The molecule has 0 aliphatic carbocycles. The number of rotatable bonds is 1. The van der Waals surface area contributed by atoms with Gasteiger partial charge in [0.25, 0.3) is 0 Å². The summed E-state index contributed by atoms with van der Waals surface area (Å²) < 4.78 is 6.12. The largest absolute Gasteiger partial charge is 1.00 e. The van der Waals surface area contributed by atoms with Crippen LogP contribution in [-0.2, 0) is 23.1 Å². The third-order valence-corrected chi connectivity index (χ3v) is 2.17. The molecule has 0 radical (unpaired) electrons. The summed E-state index contributed by atoms with van der Waals surface area (Å²) in [4.78, 5) is 10.5. The molecule has 1 aromatic rings. The van der Waals surface area contributed by atoms with E-state index in [0.717, 1.165) is 18.3 Å². The van der Waals surface area contributed by atoms with E-state index in [1.807, 2.05) is 12.1 Å². The van der Waals surface area contributed by atoms with Crippen molar-refractivity contribution in [2.24, 2.45) is 0 Å². The van der Waals surface area contributed by atoms with Crippen LogP contribution in [-0.4, -0.2) is 5.97 Å². The number of carbonyl (C=O) groups excluding carboxylic acids is 1. The van der Waals surface area contributed by atoms with E-state index in [2.05, 4.69) is 0 Å². The normalized spacial score (nSPS) is 8.58. The first-order chi connectivity index (χ1) is 5.18. The van der Waals surface area contributed by atoms with Crippen molar-refractivity contribution in [3.63, 3.8) is 0 Å². The summed E-state index contributed by atoms with van der Waals surface area (Å²) in [5, 5.41) is 0. The Morgan fingerprint density at radius 3 is 2.25 bits per heavy atom. The Balaban J connectivity index is 0.00000121. The van der Waals surface area contributed by atoms with Gasteiger partial charge in [-0.1, -0.05) is 0 Å². The van der Waals surface area contributed by atoms with Gasteiger partial charge in [-0.2, -0.15) is 0 Å². The van der Waals surface area contributed by atoms with E-state index in [9.17, 15) is 4.79 Å². The molecule has 0 aliphatic rings. The molecule has 0 heterocycles. The summed E-state index contributed by atoms with van der Waals surface area (Å²) in [6, 6.07) is 7.52. The number of benzene rings is 1. The predicted octanol–water partition coefficient (Wildman–Crippen LogP) is -2.21. The molecule has 2 nitrogen and oxygen atoms in total. The standard InChI is InChI=1S/C8H7O2.HI.Zn/c1-7(9)10-8-5-3-2-4-6-8;;/h3-6H,1H3;1H;/q;;+1/p-1. The van der Waals surface area contributed by atoms with E-state index in [0.29, 0.717) is 5.75 Å². The van der Waals surface area contributed by atoms with Crippen LogP contribution in [0.3, 0.4) is 0 Å². The Labute approximate surface area is 98.4 Å². The zero-order valence-electron chi connectivity index (χ0n) is 6.71. The second-order valence-electron chi connectivity index (χ2n) is 2.24. The molecular weight excluding hydrogens is 320 g/mol. The third kappa shape index (κ3) is 4.16. The molecule has 0 N–H and O–H groups in total. The Morgan fingerprint density at radius 1 is 1.33 bits per heavy atom. The predicted molar refractivity (Wildman–Crippen MR) is 37.4 cm³/mol. The molecule has 0 spiro atoms. The molecule has 0 unspecified atom stereocenters. The minimum Gasteiger partial charge on any atom is -1.00 e. The van der Waals surface area contributed by atoms with E-state index >= 15 is 0 Å². The quantitative estimate of drug-likeness (QED) is 0.253. The van der Waals surface area contributed by atoms with E-state index in [1.54, 1.807) is 12.1 Å². The summed E-state index contributed by atoms with van der Waals surface area (Å²) in [5.41, 5.74) is 0. The van der Waals surface area contributed by atoms with Gasteiger partial charge in [-0.3, -0.25) is 0 Å². The summed E-state index contributed by atoms with van der Waals surface area (Å²) in [7, 11) is 0. The maximum atomic E-state index is 10.5. The van der Waals surface area contributed by atoms with Gasteiger partial charge in [-0.25, -0.2) is 0 Å². The van der Waals surface area contributed by atoms with Gasteiger partial charge in [-0.05, 0) is 0 Å². The molecular formula is C8H7IO2Zn. The van der Waals surface area contributed by atoms with E-state index in [-0.39, 0.29) is 29.9 Å². The fraction of sp³-hybridized carbons (Fsp3) is 0.125. The van der Waals surface area contributed by atoms with Gasteiger partial charge >= 0.3 is 74.9 Å². The molecule has 0 aliphatic heterocycles. The van der Waals surface area contributed by atoms with E-state index in [1.165, 1.54) is 11.1 Å². The Bertz CT molecular complexity index is 258. The van der Waals surface area contributed by atoms with Crippen molar-refractivity contribution >= 4 is 10.1 Å². The first-order valence-electron chi connectivity index (χ1n) is 3.29. The summed E-state index contributed by atoms with van der Waals surface area (Å²) in [5.74, 6) is 0.347. The van der Waals surface area contributed by atoms with Crippen molar-refractivity contribution < 1.29 is 51.8 Å². The van der Waals surface area contributed by atoms with Gasteiger partial charge in [0.2, 0.25) is 0 Å². The molecule has 0 fully saturated rings. The summed E-state index contributed by atoms with van der Waals surface area (Å²) in [6.45, 7) is 1.40. The van der Waals surface area contributed by atoms with Gasteiger partial charge in [-0.15, -0.1) is 0 Å². The monoisotopic (exact) mass is 326 g/mol. The number of ether oxygens (including phenoxy) is 1. The van der Waals surface area contributed by atoms with E-state index in [4.69, 9.17) is 4.74 Å². The third-order valence-electron chi connectivity index (χ3n) is 1.18. The minimum absolute atomic E-state index is 0. The second-order valence-corrected chi connectivity index (χ2v) is 3.95. The molecule has 0 saturated carbocycles. The smallest absolute Gasteiger partial charge is 1.00 e. The van der Waals surface area contributed by atoms with Gasteiger partial charge < -0.3 is 24.0 Å². The van der Waals surface area contributed by atoms with Gasteiger partial charge in [0.1, 0.15) is 0 Å². The summed E-state index contributed by atoms with van der Waals surface area (Å²) >= 11 is 1.13. The first kappa shape index (κ1) is 12.0. The average molecular weight is 327 g/mol. The molecule has 4 heteroatoms. The maximum Gasteiger partial charge on any atom is -1.00 e. The number of hydrogen-bond donors (Lipinski definition) is 0. The van der Waals surface area contributed by atoms with Crippen LogP contribution in [0.2, 0.25) is 0 Å². The molecule has 0 aromatic heterocycles. The van der Waals surface area contributed by atoms with Gasteiger partial charge in [0, 0.05) is 0 Å². The number of hydrogen-bond acceptors (Lipinski definition) is 2. The fourth-order valence-corrected chi connectivity index (χ4v) is 1.22. The van der Waals surface area contributed by atoms with Crippen molar-refractivity contribution in [3.8, 4) is 5.75 Å². The maximum absolute atomic E-state index is 10.5. The van der Waals surface area contributed by atoms with Crippen LogP contribution in [0.5, 0.6) is 5.75 Å². The van der Waals surface area contributed by atoms with Crippen LogP contribution >= 0.6 is 0 Å². The van der Waals surface area contributed by atoms with Crippen molar-refractivity contribution in [3.05, 3.63) is 24.3 Å². The zero-order chi connectivity index (χ0) is 8.27. The van der Waals surface area contributed by atoms with Crippen LogP contribution < -0.4 is 32.9 Å². The Hall–Kier alpha value is 0.0434. The number of halogens is 1. The number of esters is 1. The van der Waals surface area contributed by atoms with Crippen molar-refractivity contribution in [1.82, 2.24) is 0 Å². The molecule has 0 bridgehead atoms. The Kier molecular flexibility index (Phi) is 5.67. The SMILES string of the molecule is CC(=O)Oc1cc[c]([Zn+])cc1.[I-]. The van der Waals surface area contributed by atoms with Crippen LogP contribution in [0.25, 0.3) is 0 Å². The van der Waals surface area contributed by atoms with Crippen LogP contribution in [0.4, 0.5) is 0 Å². The van der Waals surface area contributed by atoms with Crippen molar-refractivity contribution in [1.29, 1.82) is 0 Å². The minimum atomic E-state index is -0.273. The van der Waals surface area contributed by atoms with Gasteiger partial charge in [0.05, 0.1) is 0 Å². The van der Waals surface area contributed by atoms with Gasteiger partial charge in [0.15, 0.2) is 0 Å². The Morgan fingerprint density at radius 2 is 1.83 bits per heavy atom. The zero-order valence-corrected chi connectivity index (χ0v) is 11.8. The molecule has 12 heavy (non-hydrogen) atoms. The molecule has 1 rings (SSSR count). The van der Waals surface area contributed by atoms with Crippen LogP contribution in [0.15, 0.2) is 24.3 Å². The second kappa shape index (κ2) is 5.65. The fourth-order valence-electron chi connectivity index (χ4n) is 0.723. The number of carbonyl (C=O) groups is 1. The van der Waals surface area contributed by atoms with E-state index < -0.39 is 0 Å².